The number of fused-ring (bicyclic) bond motifs is 1. The third-order valence-corrected chi connectivity index (χ3v) is 5.21. The van der Waals surface area contributed by atoms with Crippen LogP contribution in [0.5, 0.6) is 5.75 Å². The van der Waals surface area contributed by atoms with Gasteiger partial charge in [-0.1, -0.05) is 36.0 Å². The summed E-state index contributed by atoms with van der Waals surface area (Å²) in [6, 6.07) is 14.6. The van der Waals surface area contributed by atoms with Crippen molar-refractivity contribution in [1.82, 2.24) is 14.9 Å². The molecule has 3 aromatic rings. The normalized spacial score (nSPS) is 12.0. The van der Waals surface area contributed by atoms with E-state index >= 15 is 0 Å². The summed E-state index contributed by atoms with van der Waals surface area (Å²) in [5.41, 5.74) is 1.02. The van der Waals surface area contributed by atoms with Gasteiger partial charge in [0.2, 0.25) is 5.91 Å². The number of thioether (sulfide) groups is 1. The van der Waals surface area contributed by atoms with Gasteiger partial charge in [-0.05, 0) is 45.0 Å². The van der Waals surface area contributed by atoms with Gasteiger partial charge in [-0.25, -0.2) is 4.98 Å². The first-order chi connectivity index (χ1) is 13.6. The van der Waals surface area contributed by atoms with E-state index in [1.54, 1.807) is 19.1 Å². The van der Waals surface area contributed by atoms with Crippen molar-refractivity contribution in [2.24, 2.45) is 0 Å². The molecule has 0 aliphatic rings. The van der Waals surface area contributed by atoms with Crippen LogP contribution in [0, 0.1) is 0 Å². The summed E-state index contributed by atoms with van der Waals surface area (Å²) < 4.78 is 7.26. The zero-order valence-electron chi connectivity index (χ0n) is 16.1. The largest absolute Gasteiger partial charge is 0.492 e. The van der Waals surface area contributed by atoms with Crippen molar-refractivity contribution in [3.63, 3.8) is 0 Å². The van der Waals surface area contributed by atoms with Crippen molar-refractivity contribution in [2.75, 3.05) is 13.2 Å². The lowest BCUT2D eigenvalue weighted by atomic mass is 10.2. The van der Waals surface area contributed by atoms with Crippen molar-refractivity contribution in [2.45, 2.75) is 31.2 Å². The van der Waals surface area contributed by atoms with Crippen LogP contribution in [0.2, 0.25) is 0 Å². The summed E-state index contributed by atoms with van der Waals surface area (Å²) in [6.45, 7) is 6.60. The number of rotatable bonds is 7. The molecule has 1 heterocycles. The highest BCUT2D eigenvalue weighted by Crippen LogP contribution is 2.29. The van der Waals surface area contributed by atoms with Crippen LogP contribution in [0.15, 0.2) is 58.5 Å². The Balaban J connectivity index is 2.21. The average molecular weight is 398 g/mol. The first-order valence-electron chi connectivity index (χ1n) is 9.25. The van der Waals surface area contributed by atoms with Crippen molar-refractivity contribution in [1.29, 1.82) is 0 Å². The van der Waals surface area contributed by atoms with E-state index in [4.69, 9.17) is 4.74 Å². The fourth-order valence-corrected chi connectivity index (χ4v) is 3.80. The Hall–Kier alpha value is -2.80. The van der Waals surface area contributed by atoms with Gasteiger partial charge >= 0.3 is 0 Å². The molecule has 3 rings (SSSR count). The number of ether oxygens (including phenoxy) is 1. The number of nitrogens with one attached hydrogen (secondary N) is 1. The minimum Gasteiger partial charge on any atom is -0.492 e. The van der Waals surface area contributed by atoms with Crippen molar-refractivity contribution in [3.8, 4) is 11.4 Å². The summed E-state index contributed by atoms with van der Waals surface area (Å²) in [4.78, 5) is 30.3. The molecule has 0 spiro atoms. The van der Waals surface area contributed by atoms with Crippen LogP contribution < -0.4 is 15.6 Å². The molecule has 0 fully saturated rings. The quantitative estimate of drug-likeness (QED) is 0.489. The van der Waals surface area contributed by atoms with Crippen LogP contribution in [-0.2, 0) is 4.79 Å². The number of aromatic nitrogens is 2. The van der Waals surface area contributed by atoms with Crippen LogP contribution >= 0.6 is 11.8 Å². The number of hydrogen-bond acceptors (Lipinski definition) is 5. The Morgan fingerprint density at radius 3 is 2.64 bits per heavy atom. The zero-order chi connectivity index (χ0) is 20.1. The first-order valence-corrected chi connectivity index (χ1v) is 10.1. The maximum absolute atomic E-state index is 13.3. The van der Waals surface area contributed by atoms with Gasteiger partial charge in [0, 0.05) is 6.54 Å². The Labute approximate surface area is 167 Å². The Morgan fingerprint density at radius 1 is 1.18 bits per heavy atom. The van der Waals surface area contributed by atoms with E-state index in [9.17, 15) is 9.59 Å². The Kier molecular flexibility index (Phi) is 6.36. The maximum atomic E-state index is 13.3. The molecule has 0 aliphatic heterocycles. The van der Waals surface area contributed by atoms with Crippen molar-refractivity contribution in [3.05, 3.63) is 58.9 Å². The molecular weight excluding hydrogens is 374 g/mol. The van der Waals surface area contributed by atoms with E-state index in [1.165, 1.54) is 16.3 Å². The maximum Gasteiger partial charge on any atom is 0.266 e. The predicted molar refractivity (Wildman–Crippen MR) is 113 cm³/mol. The second-order valence-electron chi connectivity index (χ2n) is 6.11. The lowest BCUT2D eigenvalue weighted by Crippen LogP contribution is -2.31. The fraction of sp³-hybridized carbons (Fsp3) is 0.286. The van der Waals surface area contributed by atoms with Gasteiger partial charge in [-0.15, -0.1) is 0 Å². The second kappa shape index (κ2) is 8.93. The number of amides is 1. The summed E-state index contributed by atoms with van der Waals surface area (Å²) >= 11 is 1.25. The molecule has 1 amide bonds. The summed E-state index contributed by atoms with van der Waals surface area (Å²) in [7, 11) is 0. The third kappa shape index (κ3) is 4.04. The molecule has 0 saturated heterocycles. The molecule has 0 saturated carbocycles. The SMILES string of the molecule is CCNC(=O)C(C)Sc1nc2ccccc2c(=O)n1-c1ccccc1OCC. The van der Waals surface area contributed by atoms with Gasteiger partial charge in [0.05, 0.1) is 28.4 Å². The van der Waals surface area contributed by atoms with Gasteiger partial charge in [0.25, 0.3) is 5.56 Å². The molecule has 6 nitrogen and oxygen atoms in total. The van der Waals surface area contributed by atoms with Crippen LogP contribution in [0.25, 0.3) is 16.6 Å². The third-order valence-electron chi connectivity index (χ3n) is 4.15. The first kappa shape index (κ1) is 19.9. The number of benzene rings is 2. The molecule has 1 aromatic heterocycles. The molecule has 1 unspecified atom stereocenters. The highest BCUT2D eigenvalue weighted by atomic mass is 32.2. The van der Waals surface area contributed by atoms with Crippen LogP contribution in [-0.4, -0.2) is 33.9 Å². The molecular formula is C21H23N3O3S. The number of hydrogen-bond donors (Lipinski definition) is 1. The summed E-state index contributed by atoms with van der Waals surface area (Å²) in [6.07, 6.45) is 0. The molecule has 1 N–H and O–H groups in total. The van der Waals surface area contributed by atoms with E-state index in [1.807, 2.05) is 50.2 Å². The topological polar surface area (TPSA) is 73.2 Å². The van der Waals surface area contributed by atoms with Crippen molar-refractivity contribution < 1.29 is 9.53 Å². The molecule has 0 radical (unpaired) electrons. The highest BCUT2D eigenvalue weighted by Gasteiger charge is 2.21. The molecule has 0 bridgehead atoms. The van der Waals surface area contributed by atoms with Gasteiger partial charge < -0.3 is 10.1 Å². The minimum atomic E-state index is -0.404. The second-order valence-corrected chi connectivity index (χ2v) is 7.42. The number of nitrogens with zero attached hydrogens (tertiary/aromatic N) is 2. The van der Waals surface area contributed by atoms with Crippen LogP contribution in [0.4, 0.5) is 0 Å². The molecule has 28 heavy (non-hydrogen) atoms. The highest BCUT2D eigenvalue weighted by molar-refractivity contribution is 8.00. The molecule has 2 aromatic carbocycles. The number of carbonyl (C=O) groups is 1. The van der Waals surface area contributed by atoms with Crippen LogP contribution in [0.1, 0.15) is 20.8 Å². The lowest BCUT2D eigenvalue weighted by Gasteiger charge is -2.18. The van der Waals surface area contributed by atoms with Gasteiger partial charge in [-0.3, -0.25) is 14.2 Å². The van der Waals surface area contributed by atoms with Crippen molar-refractivity contribution >= 4 is 28.6 Å². The smallest absolute Gasteiger partial charge is 0.266 e. The van der Waals surface area contributed by atoms with Crippen LogP contribution in [0.3, 0.4) is 0 Å². The monoisotopic (exact) mass is 397 g/mol. The van der Waals surface area contributed by atoms with E-state index in [2.05, 4.69) is 10.3 Å². The summed E-state index contributed by atoms with van der Waals surface area (Å²) in [5, 5.41) is 3.38. The lowest BCUT2D eigenvalue weighted by molar-refractivity contribution is -0.120. The molecule has 146 valence electrons. The summed E-state index contributed by atoms with van der Waals surface area (Å²) in [5.74, 6) is 0.497. The van der Waals surface area contributed by atoms with Gasteiger partial charge in [-0.2, -0.15) is 0 Å². The van der Waals surface area contributed by atoms with E-state index < -0.39 is 5.25 Å². The van der Waals surface area contributed by atoms with E-state index in [-0.39, 0.29) is 11.5 Å². The fourth-order valence-electron chi connectivity index (χ4n) is 2.85. The minimum absolute atomic E-state index is 0.0976. The number of para-hydroxylation sites is 3. The van der Waals surface area contributed by atoms with Gasteiger partial charge in [0.15, 0.2) is 5.16 Å². The van der Waals surface area contributed by atoms with E-state index in [0.717, 1.165) is 0 Å². The molecule has 7 heteroatoms. The predicted octanol–water partition coefficient (Wildman–Crippen LogP) is 3.40. The Bertz CT molecular complexity index is 1050. The average Bonchev–Trinajstić information content (AvgIpc) is 2.69. The Morgan fingerprint density at radius 2 is 1.89 bits per heavy atom. The number of carbonyl (C=O) groups excluding carboxylic acids is 1. The molecule has 1 atom stereocenters. The zero-order valence-corrected chi connectivity index (χ0v) is 17.0. The standard InChI is InChI=1S/C21H23N3O3S/c1-4-22-19(25)14(3)28-21-23-16-11-7-6-10-15(16)20(26)24(21)17-12-8-9-13-18(17)27-5-2/h6-14H,4-5H2,1-3H3,(H,22,25). The van der Waals surface area contributed by atoms with E-state index in [0.29, 0.717) is 40.6 Å². The molecule has 0 aliphatic carbocycles. The van der Waals surface area contributed by atoms with Gasteiger partial charge in [0.1, 0.15) is 5.75 Å².